The first-order chi connectivity index (χ1) is 2.83. The monoisotopic (exact) mass is 86.0 g/mol. The molecule has 0 radical (unpaired) electrons. The van der Waals surface area contributed by atoms with Crippen LogP contribution in [-0.4, -0.2) is 12.2 Å². The second-order valence-corrected chi connectivity index (χ2v) is 0.208. The van der Waals surface area contributed by atoms with E-state index in [-0.39, 0.29) is 6.15 Å². The van der Waals surface area contributed by atoms with Gasteiger partial charge in [-0.25, -0.2) is 10.8 Å². The highest BCUT2D eigenvalue weighted by Gasteiger charge is 1.13. The van der Waals surface area contributed by atoms with Crippen molar-refractivity contribution in [1.82, 2.24) is 0 Å². The minimum Gasteiger partial charge on any atom is -0.242 e. The van der Waals surface area contributed by atoms with E-state index in [9.17, 15) is 0 Å². The van der Waals surface area contributed by atoms with Gasteiger partial charge in [-0.05, 0) is 0 Å². The highest BCUT2D eigenvalue weighted by atomic mass is 16.2. The molecule has 4 nitrogen and oxygen atoms in total. The lowest BCUT2D eigenvalue weighted by Crippen LogP contribution is -1.22. The molecule has 0 saturated carbocycles. The molecule has 0 aliphatic carbocycles. The van der Waals surface area contributed by atoms with E-state index >= 15 is 0 Å². The van der Waals surface area contributed by atoms with Crippen LogP contribution in [0.1, 0.15) is 0 Å². The van der Waals surface area contributed by atoms with E-state index < -0.39 is 0 Å². The first kappa shape index (κ1) is 8.83. The largest absolute Gasteiger partial charge is 0.373 e. The molecule has 0 amide bonds. The van der Waals surface area contributed by atoms with Crippen LogP contribution in [0, 0.1) is 10.8 Å². The van der Waals surface area contributed by atoms with E-state index in [0.717, 1.165) is 0 Å². The maximum absolute atomic E-state index is 8.12. The van der Waals surface area contributed by atoms with E-state index in [4.69, 9.17) is 20.4 Å². The third-order valence-electron chi connectivity index (χ3n) is 0. The van der Waals surface area contributed by atoms with Gasteiger partial charge >= 0.3 is 6.15 Å². The number of hydrogen-bond donors (Lipinski definition) is 2. The number of rotatable bonds is 0. The molecule has 0 aromatic rings. The van der Waals surface area contributed by atoms with Gasteiger partial charge in [0.05, 0.1) is 6.01 Å². The molecule has 0 aliphatic rings. The van der Waals surface area contributed by atoms with Crippen molar-refractivity contribution < 1.29 is 9.59 Å². The molecule has 0 saturated heterocycles. The van der Waals surface area contributed by atoms with Crippen molar-refractivity contribution in [3.05, 3.63) is 0 Å². The van der Waals surface area contributed by atoms with Crippen LogP contribution in [0.4, 0.5) is 0 Å². The van der Waals surface area contributed by atoms with Gasteiger partial charge in [-0.1, -0.05) is 0 Å². The Bertz CT molecular complexity index is 63.5. The third-order valence-corrected chi connectivity index (χ3v) is 0. The van der Waals surface area contributed by atoms with Crippen LogP contribution in [0.25, 0.3) is 0 Å². The molecule has 6 heavy (non-hydrogen) atoms. The van der Waals surface area contributed by atoms with Gasteiger partial charge in [0.2, 0.25) is 0 Å². The van der Waals surface area contributed by atoms with Gasteiger partial charge < -0.3 is 0 Å². The molecule has 0 spiro atoms. The predicted molar refractivity (Wildman–Crippen MR) is 15.5 cm³/mol. The lowest BCUT2D eigenvalue weighted by molar-refractivity contribution is -0.191. The van der Waals surface area contributed by atoms with Gasteiger partial charge in [-0.15, -0.1) is 0 Å². The number of hydrogen-bond acceptors (Lipinski definition) is 4. The zero-order chi connectivity index (χ0) is 5.41. The van der Waals surface area contributed by atoms with Crippen molar-refractivity contribution in [3.63, 3.8) is 0 Å². The van der Waals surface area contributed by atoms with Crippen molar-refractivity contribution in [1.29, 1.82) is 10.8 Å². The highest BCUT2D eigenvalue weighted by Crippen LogP contribution is 0.920. The molecule has 0 fully saturated rings. The van der Waals surface area contributed by atoms with Gasteiger partial charge in [0.25, 0.3) is 0 Å². The summed E-state index contributed by atoms with van der Waals surface area (Å²) >= 11 is 0. The summed E-state index contributed by atoms with van der Waals surface area (Å²) < 4.78 is 0. The van der Waals surface area contributed by atoms with Crippen LogP contribution in [0.5, 0.6) is 0 Å². The molecule has 0 unspecified atom stereocenters. The third kappa shape index (κ3) is 5.56. The minimum absolute atomic E-state index is 0.250. The Morgan fingerprint density at radius 1 is 1.17 bits per heavy atom. The number of nitrogens with one attached hydrogen (secondary N) is 2. The van der Waals surface area contributed by atoms with Gasteiger partial charge in [-0.2, -0.15) is 9.59 Å². The minimum atomic E-state index is 0.250. The van der Waals surface area contributed by atoms with E-state index in [1.807, 2.05) is 0 Å². The lowest BCUT2D eigenvalue weighted by atomic mass is 11.6. The van der Waals surface area contributed by atoms with Crippen LogP contribution < -0.4 is 0 Å². The second kappa shape index (κ2) is 49.6. The van der Waals surface area contributed by atoms with Crippen molar-refractivity contribution >= 4 is 12.2 Å². The predicted octanol–water partition coefficient (Wildman–Crippen LogP) is -0.266. The summed E-state index contributed by atoms with van der Waals surface area (Å²) in [6, 6.07) is 1.25. The summed E-state index contributed by atoms with van der Waals surface area (Å²) in [6.07, 6.45) is 0.250. The summed E-state index contributed by atoms with van der Waals surface area (Å²) in [5.74, 6) is 0. The van der Waals surface area contributed by atoms with Crippen molar-refractivity contribution in [2.24, 2.45) is 0 Å². The zero-order valence-electron chi connectivity index (χ0n) is 2.82. The Morgan fingerprint density at radius 2 is 1.17 bits per heavy atom. The summed E-state index contributed by atoms with van der Waals surface area (Å²) in [5, 5.41) is 11.2. The SMILES string of the molecule is N=C=N.O=C=O. The maximum Gasteiger partial charge on any atom is 0.373 e. The van der Waals surface area contributed by atoms with E-state index in [0.29, 0.717) is 0 Å². The Morgan fingerprint density at radius 3 is 1.17 bits per heavy atom. The smallest absolute Gasteiger partial charge is 0.242 e. The summed E-state index contributed by atoms with van der Waals surface area (Å²) in [4.78, 5) is 16.2. The topological polar surface area (TPSA) is 81.8 Å². The fourth-order valence-corrected chi connectivity index (χ4v) is 0. The summed E-state index contributed by atoms with van der Waals surface area (Å²) in [7, 11) is 0. The fourth-order valence-electron chi connectivity index (χ4n) is 0. The van der Waals surface area contributed by atoms with E-state index in [2.05, 4.69) is 0 Å². The Balaban J connectivity index is 0. The Labute approximate surface area is 33.8 Å². The number of carbonyl (C=O) groups excluding carboxylic acids is 2. The second-order valence-electron chi connectivity index (χ2n) is 0.208. The van der Waals surface area contributed by atoms with Crippen LogP contribution in [0.3, 0.4) is 0 Å². The molecule has 0 aromatic carbocycles. The lowest BCUT2D eigenvalue weighted by Gasteiger charge is -1.09. The molecule has 0 rings (SSSR count). The standard InChI is InChI=1S/CH2N2.CO2/c2*2-1-3/h2-3H;. The van der Waals surface area contributed by atoms with Gasteiger partial charge in [0.15, 0.2) is 0 Å². The quantitative estimate of drug-likeness (QED) is 0.398. The van der Waals surface area contributed by atoms with E-state index in [1.54, 1.807) is 0 Å². The fraction of sp³-hybridized carbons (Fsp3) is 0. The normalized spacial score (nSPS) is 2.67. The molecular weight excluding hydrogens is 84.0 g/mol. The van der Waals surface area contributed by atoms with Gasteiger partial charge in [0, 0.05) is 0 Å². The van der Waals surface area contributed by atoms with Crippen molar-refractivity contribution in [2.45, 2.75) is 0 Å². The van der Waals surface area contributed by atoms with Crippen LogP contribution in [0.2, 0.25) is 0 Å². The molecule has 4 heteroatoms. The maximum atomic E-state index is 8.12. The highest BCUT2D eigenvalue weighted by molar-refractivity contribution is 5.29. The Kier molecular flexibility index (Phi) is 73.0. The van der Waals surface area contributed by atoms with Gasteiger partial charge in [0.1, 0.15) is 0 Å². The van der Waals surface area contributed by atoms with Crippen LogP contribution in [-0.2, 0) is 9.59 Å². The first-order valence-electron chi connectivity index (χ1n) is 0.908. The summed E-state index contributed by atoms with van der Waals surface area (Å²) in [5.41, 5.74) is 0. The molecule has 0 atom stereocenters. The van der Waals surface area contributed by atoms with Crippen LogP contribution >= 0.6 is 0 Å². The zero-order valence-corrected chi connectivity index (χ0v) is 2.82. The van der Waals surface area contributed by atoms with Gasteiger partial charge in [-0.3, -0.25) is 0 Å². The molecule has 0 aliphatic heterocycles. The molecule has 0 aromatic heterocycles. The Hall–Kier alpha value is -1.24. The first-order valence-corrected chi connectivity index (χ1v) is 0.908. The summed E-state index contributed by atoms with van der Waals surface area (Å²) in [6.45, 7) is 0. The molecule has 2 N–H and O–H groups in total. The average molecular weight is 86.0 g/mol. The molecule has 0 heterocycles. The molecule has 32 valence electrons. The molecular formula is C2H2N2O2. The van der Waals surface area contributed by atoms with Crippen molar-refractivity contribution in [3.8, 4) is 0 Å². The van der Waals surface area contributed by atoms with Crippen molar-refractivity contribution in [2.75, 3.05) is 0 Å². The van der Waals surface area contributed by atoms with E-state index in [1.165, 1.54) is 6.01 Å². The van der Waals surface area contributed by atoms with Crippen LogP contribution in [0.15, 0.2) is 0 Å². The average Bonchev–Trinajstić information content (AvgIpc) is 1.39. The molecule has 0 bridgehead atoms.